The van der Waals surface area contributed by atoms with E-state index in [0.717, 1.165) is 124 Å². The number of piperidine rings is 2. The second-order valence-electron chi connectivity index (χ2n) is 21.2. The number of thiophene rings is 4. The van der Waals surface area contributed by atoms with Gasteiger partial charge in [0, 0.05) is 76.1 Å². The number of phenolic OH excluding ortho intramolecular Hbond substituents is 1. The van der Waals surface area contributed by atoms with Gasteiger partial charge in [0.1, 0.15) is 11.5 Å². The van der Waals surface area contributed by atoms with Crippen LogP contribution in [0.3, 0.4) is 0 Å². The molecule has 0 aliphatic carbocycles. The molecule has 0 spiro atoms. The summed E-state index contributed by atoms with van der Waals surface area (Å²) in [6.07, 6.45) is 17.7. The smallest absolute Gasteiger partial charge is 0.178 e. The summed E-state index contributed by atoms with van der Waals surface area (Å²) in [4.78, 5) is 28.7. The largest absolute Gasteiger partial charge is 0.508 e. The summed E-state index contributed by atoms with van der Waals surface area (Å²) < 4.78 is 7.11. The van der Waals surface area contributed by atoms with E-state index in [-0.39, 0.29) is 5.75 Å². The molecule has 12 aromatic rings. The summed E-state index contributed by atoms with van der Waals surface area (Å²) >= 11 is 6.62. The van der Waals surface area contributed by atoms with Gasteiger partial charge in [0.15, 0.2) is 22.9 Å². The summed E-state index contributed by atoms with van der Waals surface area (Å²) in [6, 6.07) is 62.7. The fourth-order valence-electron chi connectivity index (χ4n) is 11.5. The zero-order chi connectivity index (χ0) is 57.6. The molecule has 0 bridgehead atoms. The summed E-state index contributed by atoms with van der Waals surface area (Å²) in [5, 5.41) is 30.8. The van der Waals surface area contributed by atoms with Gasteiger partial charge >= 0.3 is 0 Å². The minimum absolute atomic E-state index is 0.229. The van der Waals surface area contributed by atoms with Crippen molar-refractivity contribution < 1.29 is 14.9 Å². The topological polar surface area (TPSA) is 108 Å². The number of hydrogen-bond acceptors (Lipinski definition) is 13. The predicted octanol–water partition coefficient (Wildman–Crippen LogP) is 17.8. The van der Waals surface area contributed by atoms with E-state index in [1.807, 2.05) is 89.6 Å². The van der Waals surface area contributed by atoms with Crippen molar-refractivity contribution in [3.8, 4) is 66.4 Å². The first-order valence-electron chi connectivity index (χ1n) is 28.7. The quantitative estimate of drug-likeness (QED) is 0.129. The molecule has 420 valence electrons. The zero-order valence-corrected chi connectivity index (χ0v) is 49.9. The highest BCUT2D eigenvalue weighted by Gasteiger charge is 2.38. The van der Waals surface area contributed by atoms with Crippen LogP contribution in [0.2, 0.25) is 0 Å². The number of rotatable bonds is 10. The van der Waals surface area contributed by atoms with Crippen molar-refractivity contribution in [2.75, 3.05) is 36.0 Å². The molecule has 3 aliphatic rings. The number of phenols is 1. The number of aliphatic hydroxyl groups is 1. The Bertz CT molecular complexity index is 4250. The lowest BCUT2D eigenvalue weighted by molar-refractivity contribution is 0.145. The summed E-state index contributed by atoms with van der Waals surface area (Å²) in [7, 11) is 0. The van der Waals surface area contributed by atoms with Crippen molar-refractivity contribution in [1.29, 1.82) is 0 Å². The Morgan fingerprint density at radius 3 is 1.55 bits per heavy atom. The number of terminal acetylenes is 1. The second kappa shape index (κ2) is 24.8. The van der Waals surface area contributed by atoms with Gasteiger partial charge in [0.05, 0.1) is 41.9 Å². The third-order valence-corrected chi connectivity index (χ3v) is 19.4. The standard InChI is InChI=1S/C36H29N3OS2.C20H21NO.C16H10N2OS2/c1-3-9-25(10-4-1)36(26-13-15-27(16-14-26)39-21-5-2-6-22-39)20-19-28-30(40-36)18-17-29-33(28)34(31-11-7-23-41-31)38-35(37-29)32-12-8-24-42-32;1-2-20(22,17-9-5-3-6-10-17)18-11-13-19(14-12-18)21-15-7-4-8-16-21;19-10-5-6-12-11(9-10)15(13-3-1-7-20-13)18-16(17-12)14-4-2-8-21-14/h1,3-4,7-20,23-24H,2,5-6,21-22H2;1,3,5-6,9-14,22H,4,7-8,15-16H2;1-9,19H. The van der Waals surface area contributed by atoms with Crippen LogP contribution in [-0.2, 0) is 11.2 Å². The maximum absolute atomic E-state index is 10.9. The van der Waals surface area contributed by atoms with Crippen LogP contribution >= 0.6 is 45.3 Å². The second-order valence-corrected chi connectivity index (χ2v) is 25.0. The van der Waals surface area contributed by atoms with Gasteiger partial charge in [-0.25, -0.2) is 19.9 Å². The predicted molar refractivity (Wildman–Crippen MR) is 354 cm³/mol. The van der Waals surface area contributed by atoms with Gasteiger partial charge in [-0.05, 0) is 151 Å². The molecule has 0 radical (unpaired) electrons. The number of benzene rings is 6. The average Bonchev–Trinajstić information content (AvgIpc) is 3.01. The fourth-order valence-corrected chi connectivity index (χ4v) is 14.3. The number of nitrogens with zero attached hydrogens (tertiary/aromatic N) is 6. The van der Waals surface area contributed by atoms with Crippen molar-refractivity contribution >= 4 is 84.6 Å². The Balaban J connectivity index is 0.000000131. The van der Waals surface area contributed by atoms with Gasteiger partial charge in [-0.1, -0.05) is 115 Å². The van der Waals surface area contributed by atoms with Crippen LogP contribution in [0, 0.1) is 12.3 Å². The molecule has 9 nitrogen and oxygen atoms in total. The van der Waals surface area contributed by atoms with Crippen LogP contribution in [0.4, 0.5) is 11.4 Å². The molecule has 6 aromatic carbocycles. The van der Waals surface area contributed by atoms with Crippen molar-refractivity contribution in [1.82, 2.24) is 19.9 Å². The first kappa shape index (κ1) is 55.4. The summed E-state index contributed by atoms with van der Waals surface area (Å²) in [5.41, 5.74) is 8.63. The van der Waals surface area contributed by atoms with Gasteiger partial charge in [-0.2, -0.15) is 0 Å². The lowest BCUT2D eigenvalue weighted by atomic mass is 9.83. The minimum Gasteiger partial charge on any atom is -0.508 e. The first-order chi connectivity index (χ1) is 41.8. The molecular weight excluding hydrogens is 1130 g/mol. The number of aromatic hydroxyl groups is 1. The van der Waals surface area contributed by atoms with Crippen molar-refractivity contribution in [2.45, 2.75) is 49.7 Å². The molecule has 0 saturated carbocycles. The van der Waals surface area contributed by atoms with E-state index >= 15 is 0 Å². The highest BCUT2D eigenvalue weighted by Crippen LogP contribution is 2.47. The van der Waals surface area contributed by atoms with Gasteiger partial charge in [0.25, 0.3) is 0 Å². The van der Waals surface area contributed by atoms with E-state index in [1.54, 1.807) is 57.5 Å². The van der Waals surface area contributed by atoms with Crippen molar-refractivity contribution in [3.05, 3.63) is 243 Å². The molecule has 0 amide bonds. The SMILES string of the molecule is C#CC(O)(c1ccccc1)c1ccc(N2CCCCC2)cc1.C1=CC(c2ccccc2)(c2ccc(N3CCCCC3)cc2)Oc2ccc3nc(-c4cccs4)nc(-c4cccs4)c3c21.Oc1ccc2nc(-c3cccs3)nc(-c3cccs3)c2c1. The normalized spacial score (nSPS) is 16.2. The molecule has 15 rings (SSSR count). The van der Waals surface area contributed by atoms with Gasteiger partial charge in [-0.15, -0.1) is 51.8 Å². The van der Waals surface area contributed by atoms with E-state index in [9.17, 15) is 10.2 Å². The summed E-state index contributed by atoms with van der Waals surface area (Å²) in [6.45, 7) is 4.47. The van der Waals surface area contributed by atoms with Crippen molar-refractivity contribution in [3.63, 3.8) is 0 Å². The van der Waals surface area contributed by atoms with E-state index in [0.29, 0.717) is 0 Å². The number of aromatic nitrogens is 4. The molecule has 13 heteroatoms. The number of fused-ring (bicyclic) bond motifs is 4. The van der Waals surface area contributed by atoms with Crippen LogP contribution in [0.1, 0.15) is 66.3 Å². The molecule has 2 atom stereocenters. The minimum atomic E-state index is -1.37. The van der Waals surface area contributed by atoms with E-state index in [1.165, 1.54) is 49.9 Å². The molecule has 9 heterocycles. The zero-order valence-electron chi connectivity index (χ0n) is 46.6. The maximum Gasteiger partial charge on any atom is 0.178 e. The molecule has 6 aromatic heterocycles. The Morgan fingerprint density at radius 1 is 0.494 bits per heavy atom. The van der Waals surface area contributed by atoms with Gasteiger partial charge in [-0.3, -0.25) is 0 Å². The van der Waals surface area contributed by atoms with Crippen molar-refractivity contribution in [2.24, 2.45) is 0 Å². The number of anilines is 2. The van der Waals surface area contributed by atoms with Crippen LogP contribution < -0.4 is 14.5 Å². The van der Waals surface area contributed by atoms with Crippen LogP contribution in [0.25, 0.3) is 70.4 Å². The highest BCUT2D eigenvalue weighted by atomic mass is 32.1. The Hall–Kier alpha value is -8.74. The molecule has 85 heavy (non-hydrogen) atoms. The molecular formula is C72H60N6O3S4. The molecule has 2 unspecified atom stereocenters. The number of ether oxygens (including phenoxy) is 1. The number of hydrogen-bond donors (Lipinski definition) is 2. The Labute approximate surface area is 511 Å². The van der Waals surface area contributed by atoms with Gasteiger partial charge < -0.3 is 24.7 Å². The van der Waals surface area contributed by atoms with Crippen LogP contribution in [0.5, 0.6) is 11.5 Å². The van der Waals surface area contributed by atoms with Crippen LogP contribution in [-0.4, -0.2) is 56.3 Å². The molecule has 3 aliphatic heterocycles. The molecule has 2 saturated heterocycles. The lowest BCUT2D eigenvalue weighted by Crippen LogP contribution is -2.34. The maximum atomic E-state index is 10.9. The highest BCUT2D eigenvalue weighted by molar-refractivity contribution is 7.14. The average molecular weight is 1190 g/mol. The van der Waals surface area contributed by atoms with E-state index in [2.05, 4.69) is 141 Å². The molecule has 2 N–H and O–H groups in total. The third kappa shape index (κ3) is 11.5. The molecule has 2 fully saturated rings. The Morgan fingerprint density at radius 2 is 0.988 bits per heavy atom. The lowest BCUT2D eigenvalue weighted by Gasteiger charge is -2.37. The monoisotopic (exact) mass is 1180 g/mol. The van der Waals surface area contributed by atoms with Crippen LogP contribution in [0.15, 0.2) is 216 Å². The Kier molecular flexibility index (Phi) is 16.2. The van der Waals surface area contributed by atoms with Gasteiger partial charge in [0.2, 0.25) is 0 Å². The fraction of sp³-hybridized carbons (Fsp3) is 0.167. The van der Waals surface area contributed by atoms with E-state index in [4.69, 9.17) is 26.1 Å². The summed E-state index contributed by atoms with van der Waals surface area (Å²) in [5.74, 6) is 5.10. The first-order valence-corrected chi connectivity index (χ1v) is 32.3. The van der Waals surface area contributed by atoms with E-state index < -0.39 is 11.2 Å². The third-order valence-electron chi connectivity index (χ3n) is 15.9.